The molecule has 0 unspecified atom stereocenters. The van der Waals surface area contributed by atoms with Gasteiger partial charge >= 0.3 is 6.03 Å². The van der Waals surface area contributed by atoms with Gasteiger partial charge in [0.25, 0.3) is 0 Å². The molecule has 0 radical (unpaired) electrons. The Balaban J connectivity index is 1.57. The average Bonchev–Trinajstić information content (AvgIpc) is 3.23. The molecule has 1 aromatic carbocycles. The summed E-state index contributed by atoms with van der Waals surface area (Å²) in [7, 11) is 0. The van der Waals surface area contributed by atoms with E-state index in [1.165, 1.54) is 11.3 Å². The lowest BCUT2D eigenvalue weighted by molar-refractivity contribution is -0.117. The van der Waals surface area contributed by atoms with E-state index in [9.17, 15) is 9.59 Å². The van der Waals surface area contributed by atoms with Crippen LogP contribution in [-0.4, -0.2) is 29.5 Å². The molecule has 3 amide bonds. The number of aromatic nitrogens is 1. The highest BCUT2D eigenvalue weighted by Crippen LogP contribution is 2.21. The SMILES string of the molecule is CC[C@@H](NC(=O)N[C@H]1CC(=O)N(c2ccccc2)C1)c1nccs1. The van der Waals surface area contributed by atoms with Gasteiger partial charge in [-0.3, -0.25) is 4.79 Å². The van der Waals surface area contributed by atoms with E-state index in [2.05, 4.69) is 15.6 Å². The van der Waals surface area contributed by atoms with Crippen LogP contribution in [-0.2, 0) is 4.79 Å². The molecule has 0 bridgehead atoms. The molecule has 1 aromatic heterocycles. The van der Waals surface area contributed by atoms with Crippen molar-refractivity contribution in [2.75, 3.05) is 11.4 Å². The maximum Gasteiger partial charge on any atom is 0.315 e. The summed E-state index contributed by atoms with van der Waals surface area (Å²) < 4.78 is 0. The summed E-state index contributed by atoms with van der Waals surface area (Å²) in [5.41, 5.74) is 0.862. The molecule has 1 aliphatic heterocycles. The number of anilines is 1. The molecule has 2 heterocycles. The first-order chi connectivity index (χ1) is 11.7. The maximum atomic E-state index is 12.2. The first-order valence-corrected chi connectivity index (χ1v) is 8.87. The number of nitrogens with one attached hydrogen (secondary N) is 2. The number of para-hydroxylation sites is 1. The van der Waals surface area contributed by atoms with E-state index in [4.69, 9.17) is 0 Å². The van der Waals surface area contributed by atoms with Gasteiger partial charge in [0.1, 0.15) is 5.01 Å². The van der Waals surface area contributed by atoms with Crippen molar-refractivity contribution < 1.29 is 9.59 Å². The zero-order valence-corrected chi connectivity index (χ0v) is 14.3. The molecule has 2 atom stereocenters. The van der Waals surface area contributed by atoms with Crippen molar-refractivity contribution in [3.05, 3.63) is 46.9 Å². The fourth-order valence-electron chi connectivity index (χ4n) is 2.79. The third-order valence-corrected chi connectivity index (χ3v) is 4.88. The number of thiazole rings is 1. The summed E-state index contributed by atoms with van der Waals surface area (Å²) in [6.45, 7) is 2.49. The topological polar surface area (TPSA) is 74.3 Å². The zero-order valence-electron chi connectivity index (χ0n) is 13.4. The number of nitrogens with zero attached hydrogens (tertiary/aromatic N) is 2. The molecule has 0 saturated carbocycles. The van der Waals surface area contributed by atoms with Crippen LogP contribution in [0, 0.1) is 0 Å². The van der Waals surface area contributed by atoms with E-state index < -0.39 is 0 Å². The van der Waals surface area contributed by atoms with Crippen molar-refractivity contribution in [1.29, 1.82) is 0 Å². The Bertz CT molecular complexity index is 690. The monoisotopic (exact) mass is 344 g/mol. The maximum absolute atomic E-state index is 12.2. The second kappa shape index (κ2) is 7.44. The molecule has 6 nitrogen and oxygen atoms in total. The molecule has 1 saturated heterocycles. The highest BCUT2D eigenvalue weighted by Gasteiger charge is 2.31. The zero-order chi connectivity index (χ0) is 16.9. The molecular formula is C17H20N4O2S. The van der Waals surface area contributed by atoms with Gasteiger partial charge in [-0.2, -0.15) is 0 Å². The normalized spacial score (nSPS) is 18.5. The van der Waals surface area contributed by atoms with Crippen LogP contribution in [0.1, 0.15) is 30.8 Å². The lowest BCUT2D eigenvalue weighted by Gasteiger charge is -2.19. The van der Waals surface area contributed by atoms with Crippen LogP contribution in [0.5, 0.6) is 0 Å². The molecule has 3 rings (SSSR count). The van der Waals surface area contributed by atoms with Gasteiger partial charge < -0.3 is 15.5 Å². The van der Waals surface area contributed by atoms with Gasteiger partial charge in [0.15, 0.2) is 0 Å². The largest absolute Gasteiger partial charge is 0.333 e. The van der Waals surface area contributed by atoms with Crippen LogP contribution in [0.2, 0.25) is 0 Å². The van der Waals surface area contributed by atoms with Crippen LogP contribution in [0.4, 0.5) is 10.5 Å². The Hall–Kier alpha value is -2.41. The Morgan fingerprint density at radius 3 is 2.88 bits per heavy atom. The third-order valence-electron chi connectivity index (χ3n) is 3.99. The second-order valence-electron chi connectivity index (χ2n) is 5.69. The number of hydrogen-bond donors (Lipinski definition) is 2. The molecule has 2 N–H and O–H groups in total. The summed E-state index contributed by atoms with van der Waals surface area (Å²) in [6, 6.07) is 8.96. The number of carbonyl (C=O) groups is 2. The Morgan fingerprint density at radius 1 is 1.42 bits per heavy atom. The predicted octanol–water partition coefficient (Wildman–Crippen LogP) is 2.70. The quantitative estimate of drug-likeness (QED) is 0.876. The van der Waals surface area contributed by atoms with Crippen LogP contribution >= 0.6 is 11.3 Å². The van der Waals surface area contributed by atoms with Crippen molar-refractivity contribution in [3.63, 3.8) is 0 Å². The van der Waals surface area contributed by atoms with E-state index >= 15 is 0 Å². The smallest absolute Gasteiger partial charge is 0.315 e. The summed E-state index contributed by atoms with van der Waals surface area (Å²) in [5, 5.41) is 8.62. The van der Waals surface area contributed by atoms with E-state index in [1.807, 2.05) is 42.6 Å². The van der Waals surface area contributed by atoms with Crippen molar-refractivity contribution in [3.8, 4) is 0 Å². The molecular weight excluding hydrogens is 324 g/mol. The fraction of sp³-hybridized carbons (Fsp3) is 0.353. The molecule has 126 valence electrons. The van der Waals surface area contributed by atoms with E-state index in [0.717, 1.165) is 17.1 Å². The molecule has 1 aliphatic rings. The first kappa shape index (κ1) is 16.4. The number of urea groups is 1. The van der Waals surface area contributed by atoms with E-state index in [0.29, 0.717) is 13.0 Å². The number of hydrogen-bond acceptors (Lipinski definition) is 4. The van der Waals surface area contributed by atoms with E-state index in [1.54, 1.807) is 11.1 Å². The van der Waals surface area contributed by atoms with Crippen LogP contribution in [0.3, 0.4) is 0 Å². The summed E-state index contributed by atoms with van der Waals surface area (Å²) in [4.78, 5) is 30.4. The van der Waals surface area contributed by atoms with Crippen molar-refractivity contribution in [2.24, 2.45) is 0 Å². The molecule has 0 spiro atoms. The molecule has 7 heteroatoms. The second-order valence-corrected chi connectivity index (χ2v) is 6.62. The number of amides is 3. The third kappa shape index (κ3) is 3.73. The standard InChI is InChI=1S/C17H20N4O2S/c1-2-14(16-18-8-9-24-16)20-17(23)19-12-10-15(22)21(11-12)13-6-4-3-5-7-13/h3-9,12,14H,2,10-11H2,1H3,(H2,19,20,23)/t12-,14+/m0/s1. The van der Waals surface area contributed by atoms with Crippen molar-refractivity contribution in [2.45, 2.75) is 31.8 Å². The summed E-state index contributed by atoms with van der Waals surface area (Å²) >= 11 is 1.52. The highest BCUT2D eigenvalue weighted by molar-refractivity contribution is 7.09. The fourth-order valence-corrected chi connectivity index (χ4v) is 3.56. The summed E-state index contributed by atoms with van der Waals surface area (Å²) in [5.74, 6) is 0.0264. The highest BCUT2D eigenvalue weighted by atomic mass is 32.1. The van der Waals surface area contributed by atoms with Gasteiger partial charge in [-0.25, -0.2) is 9.78 Å². The van der Waals surface area contributed by atoms with Gasteiger partial charge in [0, 0.05) is 30.2 Å². The van der Waals surface area contributed by atoms with E-state index in [-0.39, 0.29) is 24.0 Å². The number of benzene rings is 1. The lowest BCUT2D eigenvalue weighted by Crippen LogP contribution is -2.44. The van der Waals surface area contributed by atoms with Gasteiger partial charge in [-0.1, -0.05) is 25.1 Å². The lowest BCUT2D eigenvalue weighted by atomic mass is 10.2. The van der Waals surface area contributed by atoms with Crippen molar-refractivity contribution >= 4 is 29.0 Å². The molecule has 2 aromatic rings. The average molecular weight is 344 g/mol. The Kier molecular flexibility index (Phi) is 5.10. The predicted molar refractivity (Wildman–Crippen MR) is 94.0 cm³/mol. The minimum atomic E-state index is -0.259. The number of rotatable bonds is 5. The van der Waals surface area contributed by atoms with Crippen LogP contribution in [0.25, 0.3) is 0 Å². The van der Waals surface area contributed by atoms with Gasteiger partial charge in [0.05, 0.1) is 12.1 Å². The Labute approximate surface area is 144 Å². The van der Waals surface area contributed by atoms with Gasteiger partial charge in [0.2, 0.25) is 5.91 Å². The van der Waals surface area contributed by atoms with Gasteiger partial charge in [-0.05, 0) is 18.6 Å². The number of carbonyl (C=O) groups excluding carboxylic acids is 2. The molecule has 0 aliphatic carbocycles. The van der Waals surface area contributed by atoms with Gasteiger partial charge in [-0.15, -0.1) is 11.3 Å². The summed E-state index contributed by atoms with van der Waals surface area (Å²) in [6.07, 6.45) is 2.81. The molecule has 1 fully saturated rings. The van der Waals surface area contributed by atoms with Crippen molar-refractivity contribution in [1.82, 2.24) is 15.6 Å². The molecule has 24 heavy (non-hydrogen) atoms. The minimum Gasteiger partial charge on any atom is -0.333 e. The Morgan fingerprint density at radius 2 is 2.21 bits per heavy atom. The van der Waals surface area contributed by atoms with Crippen LogP contribution < -0.4 is 15.5 Å². The van der Waals surface area contributed by atoms with Crippen LogP contribution in [0.15, 0.2) is 41.9 Å². The first-order valence-electron chi connectivity index (χ1n) is 7.99. The minimum absolute atomic E-state index is 0.0264.